The fourth-order valence-electron chi connectivity index (χ4n) is 2.78. The molecule has 0 amide bonds. The van der Waals surface area contributed by atoms with E-state index in [1.54, 1.807) is 0 Å². The quantitative estimate of drug-likeness (QED) is 0.867. The van der Waals surface area contributed by atoms with E-state index in [1.807, 2.05) is 19.1 Å². The van der Waals surface area contributed by atoms with Crippen LogP contribution in [0.5, 0.6) is 0 Å². The van der Waals surface area contributed by atoms with E-state index in [2.05, 4.69) is 19.9 Å². The molecule has 0 spiro atoms. The van der Waals surface area contributed by atoms with Crippen molar-refractivity contribution in [3.8, 4) is 0 Å². The second-order valence-corrected chi connectivity index (χ2v) is 5.77. The van der Waals surface area contributed by atoms with Crippen LogP contribution in [-0.4, -0.2) is 46.1 Å². The lowest BCUT2D eigenvalue weighted by atomic mass is 10.2. The van der Waals surface area contributed by atoms with Gasteiger partial charge in [-0.25, -0.2) is 4.39 Å². The third-order valence-electron chi connectivity index (χ3n) is 3.93. The van der Waals surface area contributed by atoms with Crippen molar-refractivity contribution in [1.82, 2.24) is 19.9 Å². The fourth-order valence-corrected chi connectivity index (χ4v) is 2.78. The first kappa shape index (κ1) is 15.1. The Bertz CT molecular complexity index is 598. The molecule has 2 heterocycles. The molecule has 1 fully saturated rings. The number of hydrogen-bond acceptors (Lipinski definition) is 5. The molecule has 22 heavy (non-hydrogen) atoms. The normalized spacial score (nSPS) is 17.5. The van der Waals surface area contributed by atoms with Crippen molar-refractivity contribution >= 4 is 0 Å². The van der Waals surface area contributed by atoms with Crippen LogP contribution in [0.1, 0.15) is 23.7 Å². The summed E-state index contributed by atoms with van der Waals surface area (Å²) < 4.78 is 18.1. The highest BCUT2D eigenvalue weighted by atomic mass is 19.1. The Morgan fingerprint density at radius 2 is 1.73 bits per heavy atom. The number of hydrogen-bond donors (Lipinski definition) is 0. The van der Waals surface area contributed by atoms with Gasteiger partial charge in [-0.1, -0.05) is 17.3 Å². The summed E-state index contributed by atoms with van der Waals surface area (Å²) in [6.45, 7) is 7.46. The van der Waals surface area contributed by atoms with Gasteiger partial charge in [0, 0.05) is 19.6 Å². The van der Waals surface area contributed by atoms with Gasteiger partial charge >= 0.3 is 0 Å². The molecule has 0 atom stereocenters. The van der Waals surface area contributed by atoms with E-state index in [0.717, 1.165) is 44.7 Å². The fraction of sp³-hybridized carbons (Fsp3) is 0.500. The van der Waals surface area contributed by atoms with Crippen LogP contribution in [0.4, 0.5) is 4.39 Å². The summed E-state index contributed by atoms with van der Waals surface area (Å²) in [6.07, 6.45) is 1.11. The number of nitrogens with zero attached hydrogens (tertiary/aromatic N) is 4. The maximum Gasteiger partial charge on any atom is 0.240 e. The van der Waals surface area contributed by atoms with Crippen LogP contribution in [0.3, 0.4) is 0 Å². The smallest absolute Gasteiger partial charge is 0.240 e. The number of rotatable bonds is 4. The van der Waals surface area contributed by atoms with Gasteiger partial charge in [0.25, 0.3) is 0 Å². The summed E-state index contributed by atoms with van der Waals surface area (Å²) in [6, 6.07) is 6.77. The maximum absolute atomic E-state index is 13.0. The van der Waals surface area contributed by atoms with Gasteiger partial charge in [-0.3, -0.25) is 9.80 Å². The van der Waals surface area contributed by atoms with Crippen LogP contribution in [-0.2, 0) is 13.1 Å². The second kappa shape index (κ2) is 6.98. The van der Waals surface area contributed by atoms with Crippen molar-refractivity contribution in [3.05, 3.63) is 47.4 Å². The van der Waals surface area contributed by atoms with Crippen LogP contribution in [0.25, 0.3) is 0 Å². The second-order valence-electron chi connectivity index (χ2n) is 5.77. The van der Waals surface area contributed by atoms with Gasteiger partial charge in [0.05, 0.1) is 6.54 Å². The molecule has 0 radical (unpaired) electrons. The van der Waals surface area contributed by atoms with Crippen LogP contribution in [0, 0.1) is 12.7 Å². The molecule has 5 nitrogen and oxygen atoms in total. The summed E-state index contributed by atoms with van der Waals surface area (Å²) >= 11 is 0. The van der Waals surface area contributed by atoms with E-state index in [-0.39, 0.29) is 5.82 Å². The van der Waals surface area contributed by atoms with E-state index in [4.69, 9.17) is 4.52 Å². The Morgan fingerprint density at radius 1 is 1.05 bits per heavy atom. The molecular weight excluding hydrogens is 283 g/mol. The van der Waals surface area contributed by atoms with Crippen LogP contribution >= 0.6 is 0 Å². The maximum atomic E-state index is 13.0. The highest BCUT2D eigenvalue weighted by molar-refractivity contribution is 5.15. The van der Waals surface area contributed by atoms with Crippen molar-refractivity contribution in [2.75, 3.05) is 26.2 Å². The summed E-state index contributed by atoms with van der Waals surface area (Å²) in [5.41, 5.74) is 1.15. The number of aromatic nitrogens is 2. The van der Waals surface area contributed by atoms with Gasteiger partial charge in [0.15, 0.2) is 5.82 Å². The first-order valence-electron chi connectivity index (χ1n) is 7.67. The highest BCUT2D eigenvalue weighted by Crippen LogP contribution is 2.11. The Labute approximate surface area is 129 Å². The standard InChI is InChI=1S/C16H21FN4O/c1-13-18-16(22-19-13)12-21-8-2-7-20(9-10-21)11-14-3-5-15(17)6-4-14/h3-6H,2,7-12H2,1H3. The van der Waals surface area contributed by atoms with Gasteiger partial charge in [-0.2, -0.15) is 4.98 Å². The molecule has 1 aromatic heterocycles. The Morgan fingerprint density at radius 3 is 2.36 bits per heavy atom. The monoisotopic (exact) mass is 304 g/mol. The van der Waals surface area contributed by atoms with E-state index in [1.165, 1.54) is 12.1 Å². The molecule has 0 aliphatic carbocycles. The van der Waals surface area contributed by atoms with Crippen molar-refractivity contribution in [1.29, 1.82) is 0 Å². The Balaban J connectivity index is 1.52. The lowest BCUT2D eigenvalue weighted by molar-refractivity contribution is 0.222. The molecule has 118 valence electrons. The van der Waals surface area contributed by atoms with E-state index >= 15 is 0 Å². The van der Waals surface area contributed by atoms with Crippen molar-refractivity contribution in [3.63, 3.8) is 0 Å². The predicted molar refractivity (Wildman–Crippen MR) is 80.6 cm³/mol. The van der Waals surface area contributed by atoms with Crippen molar-refractivity contribution in [2.45, 2.75) is 26.4 Å². The van der Waals surface area contributed by atoms with Gasteiger partial charge in [0.2, 0.25) is 5.89 Å². The molecule has 3 rings (SSSR count). The minimum Gasteiger partial charge on any atom is -0.338 e. The molecule has 0 bridgehead atoms. The third-order valence-corrected chi connectivity index (χ3v) is 3.93. The van der Waals surface area contributed by atoms with E-state index in [9.17, 15) is 4.39 Å². The zero-order valence-corrected chi connectivity index (χ0v) is 12.8. The summed E-state index contributed by atoms with van der Waals surface area (Å²) in [7, 11) is 0. The molecule has 1 aromatic carbocycles. The van der Waals surface area contributed by atoms with Gasteiger partial charge in [-0.15, -0.1) is 0 Å². The molecule has 1 saturated heterocycles. The topological polar surface area (TPSA) is 45.4 Å². The van der Waals surface area contributed by atoms with E-state index < -0.39 is 0 Å². The van der Waals surface area contributed by atoms with Gasteiger partial charge in [-0.05, 0) is 44.1 Å². The van der Waals surface area contributed by atoms with Crippen molar-refractivity contribution < 1.29 is 8.91 Å². The van der Waals surface area contributed by atoms with E-state index in [0.29, 0.717) is 18.3 Å². The third kappa shape index (κ3) is 4.11. The number of aryl methyl sites for hydroxylation is 1. The molecule has 1 aliphatic rings. The van der Waals surface area contributed by atoms with Crippen LogP contribution in [0.15, 0.2) is 28.8 Å². The molecule has 6 heteroatoms. The zero-order valence-electron chi connectivity index (χ0n) is 12.8. The average molecular weight is 304 g/mol. The van der Waals surface area contributed by atoms with Gasteiger partial charge in [0.1, 0.15) is 5.82 Å². The minimum absolute atomic E-state index is 0.180. The summed E-state index contributed by atoms with van der Waals surface area (Å²) in [5, 5.41) is 3.83. The van der Waals surface area contributed by atoms with Crippen molar-refractivity contribution in [2.24, 2.45) is 0 Å². The lowest BCUT2D eigenvalue weighted by Crippen LogP contribution is -2.30. The Hall–Kier alpha value is -1.79. The molecule has 0 unspecified atom stereocenters. The largest absolute Gasteiger partial charge is 0.338 e. The highest BCUT2D eigenvalue weighted by Gasteiger charge is 2.17. The minimum atomic E-state index is -0.180. The SMILES string of the molecule is Cc1noc(CN2CCCN(Cc3ccc(F)cc3)CC2)n1. The zero-order chi connectivity index (χ0) is 15.4. The first-order chi connectivity index (χ1) is 10.7. The van der Waals surface area contributed by atoms with Crippen LogP contribution in [0.2, 0.25) is 0 Å². The molecule has 0 N–H and O–H groups in total. The molecule has 1 aliphatic heterocycles. The molecule has 2 aromatic rings. The lowest BCUT2D eigenvalue weighted by Gasteiger charge is -2.20. The molecule has 0 saturated carbocycles. The Kier molecular flexibility index (Phi) is 4.80. The van der Waals surface area contributed by atoms with Gasteiger partial charge < -0.3 is 4.52 Å². The number of halogens is 1. The summed E-state index contributed by atoms with van der Waals surface area (Å²) in [5.74, 6) is 1.19. The predicted octanol–water partition coefficient (Wildman–Crippen LogP) is 2.23. The molecular formula is C16H21FN4O. The first-order valence-corrected chi connectivity index (χ1v) is 7.67. The average Bonchev–Trinajstić information content (AvgIpc) is 2.78. The van der Waals surface area contributed by atoms with Crippen LogP contribution < -0.4 is 0 Å². The summed E-state index contributed by atoms with van der Waals surface area (Å²) in [4.78, 5) is 9.02. The number of benzene rings is 1.